The summed E-state index contributed by atoms with van der Waals surface area (Å²) < 4.78 is 0. The van der Waals surface area contributed by atoms with Gasteiger partial charge in [-0.3, -0.25) is 14.4 Å². The van der Waals surface area contributed by atoms with Gasteiger partial charge in [-0.1, -0.05) is 0 Å². The van der Waals surface area contributed by atoms with Gasteiger partial charge in [-0.15, -0.1) is 0 Å². The van der Waals surface area contributed by atoms with Crippen LogP contribution >= 0.6 is 0 Å². The number of aromatic amines is 1. The van der Waals surface area contributed by atoms with E-state index in [4.69, 9.17) is 5.11 Å². The molecule has 0 aliphatic rings. The first-order chi connectivity index (χ1) is 8.73. The van der Waals surface area contributed by atoms with Gasteiger partial charge in [0, 0.05) is 11.7 Å². The average molecular weight is 266 g/mol. The summed E-state index contributed by atoms with van der Waals surface area (Å²) in [5.74, 6) is -2.28. The zero-order valence-electron chi connectivity index (χ0n) is 11.4. The van der Waals surface area contributed by atoms with Gasteiger partial charge in [-0.2, -0.15) is 0 Å². The zero-order chi connectivity index (χ0) is 14.7. The van der Waals surface area contributed by atoms with Crippen LogP contribution in [0.2, 0.25) is 0 Å². The van der Waals surface area contributed by atoms with Crippen molar-refractivity contribution in [1.82, 2.24) is 10.3 Å². The summed E-state index contributed by atoms with van der Waals surface area (Å²) >= 11 is 0. The first kappa shape index (κ1) is 14.9. The molecule has 104 valence electrons. The molecule has 0 aliphatic heterocycles. The van der Waals surface area contributed by atoms with E-state index in [0.29, 0.717) is 11.3 Å². The number of rotatable bonds is 4. The molecule has 0 saturated carbocycles. The Morgan fingerprint density at radius 2 is 1.89 bits per heavy atom. The number of nitrogens with one attached hydrogen (secondary N) is 2. The lowest BCUT2D eigenvalue weighted by Crippen LogP contribution is -2.42. The van der Waals surface area contributed by atoms with Gasteiger partial charge in [0.15, 0.2) is 0 Å². The molecule has 19 heavy (non-hydrogen) atoms. The van der Waals surface area contributed by atoms with Gasteiger partial charge in [0.1, 0.15) is 5.56 Å². The fourth-order valence-electron chi connectivity index (χ4n) is 1.75. The van der Waals surface area contributed by atoms with E-state index in [0.717, 1.165) is 0 Å². The third-order valence-electron chi connectivity index (χ3n) is 3.09. The van der Waals surface area contributed by atoms with Crippen LogP contribution < -0.4 is 10.9 Å². The van der Waals surface area contributed by atoms with E-state index < -0.39 is 29.4 Å². The number of aliphatic carboxylic acids is 1. The third-order valence-corrected chi connectivity index (χ3v) is 3.09. The second kappa shape index (κ2) is 5.69. The number of carboxylic acids is 1. The molecule has 0 radical (unpaired) electrons. The molecule has 1 rings (SSSR count). The minimum absolute atomic E-state index is 0.0232. The van der Waals surface area contributed by atoms with Crippen molar-refractivity contribution >= 4 is 11.9 Å². The Labute approximate surface area is 110 Å². The molecule has 1 amide bonds. The minimum atomic E-state index is -0.998. The smallest absolute Gasteiger partial charge is 0.308 e. The lowest BCUT2D eigenvalue weighted by Gasteiger charge is -2.18. The number of carbonyl (C=O) groups is 2. The highest BCUT2D eigenvalue weighted by Crippen LogP contribution is 2.07. The van der Waals surface area contributed by atoms with Crippen LogP contribution in [-0.2, 0) is 4.79 Å². The van der Waals surface area contributed by atoms with Crippen molar-refractivity contribution < 1.29 is 14.7 Å². The Bertz CT molecular complexity index is 562. The van der Waals surface area contributed by atoms with Crippen LogP contribution in [0.15, 0.2) is 10.9 Å². The molecule has 0 spiro atoms. The average Bonchev–Trinajstić information content (AvgIpc) is 2.25. The van der Waals surface area contributed by atoms with E-state index in [1.165, 1.54) is 6.92 Å². The molecule has 3 N–H and O–H groups in total. The van der Waals surface area contributed by atoms with Crippen LogP contribution in [0, 0.1) is 19.8 Å². The molecule has 0 saturated heterocycles. The molecule has 0 bridgehead atoms. The summed E-state index contributed by atoms with van der Waals surface area (Å²) in [5, 5.41) is 11.4. The molecule has 1 aromatic heterocycles. The van der Waals surface area contributed by atoms with Crippen molar-refractivity contribution in [3.8, 4) is 0 Å². The maximum Gasteiger partial charge on any atom is 0.308 e. The van der Waals surface area contributed by atoms with E-state index in [2.05, 4.69) is 10.3 Å². The fourth-order valence-corrected chi connectivity index (χ4v) is 1.75. The quantitative estimate of drug-likeness (QED) is 0.751. The molecule has 2 atom stereocenters. The molecule has 2 unspecified atom stereocenters. The van der Waals surface area contributed by atoms with Crippen LogP contribution in [0.4, 0.5) is 0 Å². The molecule has 1 heterocycles. The van der Waals surface area contributed by atoms with Gasteiger partial charge in [0.25, 0.3) is 11.5 Å². The lowest BCUT2D eigenvalue weighted by molar-refractivity contribution is -0.141. The van der Waals surface area contributed by atoms with Gasteiger partial charge < -0.3 is 15.4 Å². The fraction of sp³-hybridized carbons (Fsp3) is 0.462. The summed E-state index contributed by atoms with van der Waals surface area (Å²) in [4.78, 5) is 37.1. The molecule has 1 aromatic rings. The summed E-state index contributed by atoms with van der Waals surface area (Å²) in [6, 6.07) is 1.13. The van der Waals surface area contributed by atoms with E-state index >= 15 is 0 Å². The van der Waals surface area contributed by atoms with E-state index in [1.807, 2.05) is 0 Å². The molecule has 6 nitrogen and oxygen atoms in total. The highest BCUT2D eigenvalue weighted by Gasteiger charge is 2.23. The van der Waals surface area contributed by atoms with Crippen LogP contribution in [0.25, 0.3) is 0 Å². The van der Waals surface area contributed by atoms with Crippen molar-refractivity contribution in [1.29, 1.82) is 0 Å². The summed E-state index contributed by atoms with van der Waals surface area (Å²) in [6.07, 6.45) is 0. The number of hydrogen-bond acceptors (Lipinski definition) is 3. The third kappa shape index (κ3) is 3.43. The summed E-state index contributed by atoms with van der Waals surface area (Å²) in [7, 11) is 0. The highest BCUT2D eigenvalue weighted by molar-refractivity contribution is 5.95. The van der Waals surface area contributed by atoms with E-state index in [9.17, 15) is 14.4 Å². The molecule has 0 fully saturated rings. The Balaban J connectivity index is 2.97. The number of H-pyrrole nitrogens is 1. The maximum absolute atomic E-state index is 12.0. The molecule has 0 aliphatic carbocycles. The number of hydrogen-bond donors (Lipinski definition) is 3. The van der Waals surface area contributed by atoms with Crippen LogP contribution in [0.5, 0.6) is 0 Å². The monoisotopic (exact) mass is 266 g/mol. The number of aromatic nitrogens is 1. The van der Waals surface area contributed by atoms with E-state index in [1.54, 1.807) is 26.8 Å². The van der Waals surface area contributed by atoms with Crippen LogP contribution in [0.1, 0.15) is 35.5 Å². The van der Waals surface area contributed by atoms with Crippen LogP contribution in [0.3, 0.4) is 0 Å². The van der Waals surface area contributed by atoms with Gasteiger partial charge in [-0.05, 0) is 39.3 Å². The van der Waals surface area contributed by atoms with Crippen molar-refractivity contribution in [2.24, 2.45) is 5.92 Å². The standard InChI is InChI=1S/C13H18N2O4/c1-6-5-7(2)14-11(16)10(6)12(17)15-9(4)8(3)13(18)19/h5,8-9H,1-4H3,(H,14,16)(H,15,17)(H,18,19). The Hall–Kier alpha value is -2.11. The van der Waals surface area contributed by atoms with Crippen molar-refractivity contribution in [2.75, 3.05) is 0 Å². The first-order valence-electron chi connectivity index (χ1n) is 5.98. The Morgan fingerprint density at radius 3 is 2.37 bits per heavy atom. The molecule has 0 aromatic carbocycles. The minimum Gasteiger partial charge on any atom is -0.481 e. The normalized spacial score (nSPS) is 13.7. The van der Waals surface area contributed by atoms with Gasteiger partial charge >= 0.3 is 5.97 Å². The second-order valence-electron chi connectivity index (χ2n) is 4.73. The summed E-state index contributed by atoms with van der Waals surface area (Å²) in [5.41, 5.74) is 0.792. The SMILES string of the molecule is Cc1cc(C)c(C(=O)NC(C)C(C)C(=O)O)c(=O)[nH]1. The first-order valence-corrected chi connectivity index (χ1v) is 5.98. The van der Waals surface area contributed by atoms with E-state index in [-0.39, 0.29) is 5.56 Å². The largest absolute Gasteiger partial charge is 0.481 e. The topological polar surface area (TPSA) is 99.3 Å². The predicted octanol–water partition coefficient (Wildman–Crippen LogP) is 0.831. The summed E-state index contributed by atoms with van der Waals surface area (Å²) in [6.45, 7) is 6.49. The van der Waals surface area contributed by atoms with Gasteiger partial charge in [0.05, 0.1) is 5.92 Å². The number of amides is 1. The predicted molar refractivity (Wildman–Crippen MR) is 70.3 cm³/mol. The Kier molecular flexibility index (Phi) is 4.47. The van der Waals surface area contributed by atoms with Gasteiger partial charge in [-0.25, -0.2) is 0 Å². The number of aryl methyl sites for hydroxylation is 2. The second-order valence-corrected chi connectivity index (χ2v) is 4.73. The Morgan fingerprint density at radius 1 is 1.32 bits per heavy atom. The van der Waals surface area contributed by atoms with Crippen molar-refractivity contribution in [2.45, 2.75) is 33.7 Å². The maximum atomic E-state index is 12.0. The van der Waals surface area contributed by atoms with Crippen molar-refractivity contribution in [3.05, 3.63) is 33.2 Å². The molecular formula is C13H18N2O4. The van der Waals surface area contributed by atoms with Crippen LogP contribution in [-0.4, -0.2) is 28.0 Å². The van der Waals surface area contributed by atoms with Crippen molar-refractivity contribution in [3.63, 3.8) is 0 Å². The highest BCUT2D eigenvalue weighted by atomic mass is 16.4. The molecular weight excluding hydrogens is 248 g/mol. The zero-order valence-corrected chi connectivity index (χ0v) is 11.4. The van der Waals surface area contributed by atoms with Gasteiger partial charge in [0.2, 0.25) is 0 Å². The lowest BCUT2D eigenvalue weighted by atomic mass is 10.0. The number of pyridine rings is 1. The molecule has 6 heteroatoms. The number of carboxylic acid groups (broad SMARTS) is 1. The number of carbonyl (C=O) groups excluding carboxylic acids is 1.